The Balaban J connectivity index is 1.77. The van der Waals surface area contributed by atoms with Gasteiger partial charge in [-0.15, -0.1) is 0 Å². The Kier molecular flexibility index (Phi) is 5.57. The maximum Gasteiger partial charge on any atom is 0.119 e. The van der Waals surface area contributed by atoms with Crippen molar-refractivity contribution < 1.29 is 17.6 Å². The molecule has 3 rings (SSSR count). The number of alkyl halides is 4. The SMILES string of the molecule is FC1CCC(C(F)(C2CCC(F)CC2)C2CCC(F)CC2)CC1. The summed E-state index contributed by atoms with van der Waals surface area (Å²) in [6.07, 6.45) is 3.93. The van der Waals surface area contributed by atoms with Crippen LogP contribution in [0.5, 0.6) is 0 Å². The first-order valence-electron chi connectivity index (χ1n) is 9.61. The molecule has 0 atom stereocenters. The van der Waals surface area contributed by atoms with Crippen LogP contribution in [0.1, 0.15) is 77.0 Å². The van der Waals surface area contributed by atoms with Crippen LogP contribution in [0.15, 0.2) is 0 Å². The molecule has 0 spiro atoms. The summed E-state index contributed by atoms with van der Waals surface area (Å²) in [7, 11) is 0. The lowest BCUT2D eigenvalue weighted by molar-refractivity contribution is -0.0904. The lowest BCUT2D eigenvalue weighted by atomic mass is 9.59. The summed E-state index contributed by atoms with van der Waals surface area (Å²) < 4.78 is 57.0. The average molecular weight is 334 g/mol. The Hall–Kier alpha value is -0.280. The van der Waals surface area contributed by atoms with Crippen LogP contribution in [-0.4, -0.2) is 24.2 Å². The molecule has 3 fully saturated rings. The summed E-state index contributed by atoms with van der Waals surface area (Å²) in [5.74, 6) is -0.342. The van der Waals surface area contributed by atoms with Crippen molar-refractivity contribution in [2.45, 2.75) is 101 Å². The Morgan fingerprint density at radius 1 is 0.435 bits per heavy atom. The maximum absolute atomic E-state index is 16.5. The molecule has 0 bridgehead atoms. The molecule has 23 heavy (non-hydrogen) atoms. The molecule has 0 aromatic heterocycles. The number of hydrogen-bond acceptors (Lipinski definition) is 0. The molecule has 3 aliphatic carbocycles. The Bertz CT molecular complexity index is 307. The quantitative estimate of drug-likeness (QED) is 0.533. The molecule has 0 aliphatic heterocycles. The van der Waals surface area contributed by atoms with E-state index in [1.165, 1.54) is 0 Å². The number of rotatable bonds is 3. The molecule has 3 saturated carbocycles. The van der Waals surface area contributed by atoms with Gasteiger partial charge in [-0.25, -0.2) is 17.6 Å². The highest BCUT2D eigenvalue weighted by molar-refractivity contribution is 5.02. The van der Waals surface area contributed by atoms with Crippen LogP contribution in [0.4, 0.5) is 17.6 Å². The molecular weight excluding hydrogens is 304 g/mol. The van der Waals surface area contributed by atoms with E-state index < -0.39 is 24.2 Å². The third kappa shape index (κ3) is 3.71. The van der Waals surface area contributed by atoms with E-state index in [2.05, 4.69) is 0 Å². The maximum atomic E-state index is 16.5. The van der Waals surface area contributed by atoms with Crippen molar-refractivity contribution in [3.63, 3.8) is 0 Å². The summed E-state index contributed by atoms with van der Waals surface area (Å²) >= 11 is 0. The van der Waals surface area contributed by atoms with E-state index in [-0.39, 0.29) is 17.8 Å². The van der Waals surface area contributed by atoms with Gasteiger partial charge in [0.1, 0.15) is 24.2 Å². The molecule has 0 aromatic carbocycles. The third-order valence-electron chi connectivity index (χ3n) is 6.85. The van der Waals surface area contributed by atoms with Crippen LogP contribution in [0.3, 0.4) is 0 Å². The van der Waals surface area contributed by atoms with Crippen LogP contribution in [0, 0.1) is 17.8 Å². The zero-order valence-corrected chi connectivity index (χ0v) is 14.0. The molecule has 0 unspecified atom stereocenters. The second-order valence-corrected chi connectivity index (χ2v) is 8.17. The van der Waals surface area contributed by atoms with E-state index in [1.54, 1.807) is 0 Å². The third-order valence-corrected chi connectivity index (χ3v) is 6.85. The molecule has 0 aromatic rings. The van der Waals surface area contributed by atoms with Crippen LogP contribution in [-0.2, 0) is 0 Å². The van der Waals surface area contributed by atoms with E-state index in [0.29, 0.717) is 77.0 Å². The van der Waals surface area contributed by atoms with Crippen LogP contribution in [0.2, 0.25) is 0 Å². The summed E-state index contributed by atoms with van der Waals surface area (Å²) in [5.41, 5.74) is -1.33. The van der Waals surface area contributed by atoms with Crippen molar-refractivity contribution in [2.24, 2.45) is 17.8 Å². The fourth-order valence-corrected chi connectivity index (χ4v) is 5.49. The van der Waals surface area contributed by atoms with Crippen LogP contribution < -0.4 is 0 Å². The summed E-state index contributed by atoms with van der Waals surface area (Å²) in [4.78, 5) is 0. The molecule has 0 nitrogen and oxygen atoms in total. The molecule has 4 heteroatoms. The zero-order valence-electron chi connectivity index (χ0n) is 14.0. The minimum absolute atomic E-state index is 0.114. The van der Waals surface area contributed by atoms with Crippen LogP contribution in [0.25, 0.3) is 0 Å². The van der Waals surface area contributed by atoms with E-state index in [0.717, 1.165) is 0 Å². The highest BCUT2D eigenvalue weighted by atomic mass is 19.1. The van der Waals surface area contributed by atoms with Gasteiger partial charge in [0.2, 0.25) is 0 Å². The van der Waals surface area contributed by atoms with Gasteiger partial charge in [0.15, 0.2) is 0 Å². The van der Waals surface area contributed by atoms with Crippen molar-refractivity contribution in [2.75, 3.05) is 0 Å². The zero-order chi connectivity index (χ0) is 16.4. The van der Waals surface area contributed by atoms with E-state index in [9.17, 15) is 13.2 Å². The largest absolute Gasteiger partial charge is 0.247 e. The predicted octanol–water partition coefficient (Wildman–Crippen LogP) is 6.28. The van der Waals surface area contributed by atoms with Gasteiger partial charge in [-0.2, -0.15) is 0 Å². The van der Waals surface area contributed by atoms with Crippen molar-refractivity contribution in [3.8, 4) is 0 Å². The van der Waals surface area contributed by atoms with E-state index >= 15 is 4.39 Å². The second kappa shape index (κ2) is 7.31. The smallest absolute Gasteiger partial charge is 0.119 e. The summed E-state index contributed by atoms with van der Waals surface area (Å²) in [6, 6.07) is 0. The fraction of sp³-hybridized carbons (Fsp3) is 1.00. The highest BCUT2D eigenvalue weighted by Crippen LogP contribution is 2.53. The van der Waals surface area contributed by atoms with Crippen molar-refractivity contribution >= 4 is 0 Å². The lowest BCUT2D eigenvalue weighted by Crippen LogP contribution is -2.51. The highest BCUT2D eigenvalue weighted by Gasteiger charge is 2.53. The number of halogens is 4. The van der Waals surface area contributed by atoms with E-state index in [1.807, 2.05) is 0 Å². The van der Waals surface area contributed by atoms with Gasteiger partial charge in [0.05, 0.1) is 0 Å². The molecule has 0 radical (unpaired) electrons. The van der Waals surface area contributed by atoms with Crippen molar-refractivity contribution in [3.05, 3.63) is 0 Å². The second-order valence-electron chi connectivity index (χ2n) is 8.17. The minimum Gasteiger partial charge on any atom is -0.247 e. The van der Waals surface area contributed by atoms with Crippen LogP contribution >= 0.6 is 0 Å². The molecular formula is C19H30F4. The average Bonchev–Trinajstić information content (AvgIpc) is 2.56. The van der Waals surface area contributed by atoms with Gasteiger partial charge in [-0.3, -0.25) is 0 Å². The molecule has 3 aliphatic rings. The minimum atomic E-state index is -1.33. The topological polar surface area (TPSA) is 0 Å². The predicted molar refractivity (Wildman–Crippen MR) is 84.4 cm³/mol. The monoisotopic (exact) mass is 334 g/mol. The number of hydrogen-bond donors (Lipinski definition) is 0. The fourth-order valence-electron chi connectivity index (χ4n) is 5.49. The first-order chi connectivity index (χ1) is 11.0. The molecule has 0 heterocycles. The summed E-state index contributed by atoms with van der Waals surface area (Å²) in [5, 5.41) is 0. The van der Waals surface area contributed by atoms with Gasteiger partial charge in [-0.05, 0) is 94.8 Å². The Morgan fingerprint density at radius 3 is 0.870 bits per heavy atom. The Morgan fingerprint density at radius 2 is 0.652 bits per heavy atom. The molecule has 0 N–H and O–H groups in total. The Labute approximate surface area is 137 Å². The standard InChI is InChI=1S/C19H30F4/c20-16-7-1-13(2-8-16)19(23,14-3-9-17(21)10-4-14)15-5-11-18(22)12-6-15/h13-18H,1-12H2. The van der Waals surface area contributed by atoms with Gasteiger partial charge >= 0.3 is 0 Å². The first kappa shape index (κ1) is 17.5. The molecule has 134 valence electrons. The van der Waals surface area contributed by atoms with Crippen molar-refractivity contribution in [1.29, 1.82) is 0 Å². The van der Waals surface area contributed by atoms with Gasteiger partial charge in [-0.1, -0.05) is 0 Å². The summed E-state index contributed by atoms with van der Waals surface area (Å²) in [6.45, 7) is 0. The lowest BCUT2D eigenvalue weighted by Gasteiger charge is -2.49. The van der Waals surface area contributed by atoms with E-state index in [4.69, 9.17) is 0 Å². The van der Waals surface area contributed by atoms with Gasteiger partial charge < -0.3 is 0 Å². The van der Waals surface area contributed by atoms with Gasteiger partial charge in [0, 0.05) is 0 Å². The first-order valence-corrected chi connectivity index (χ1v) is 9.61. The molecule has 0 saturated heterocycles. The van der Waals surface area contributed by atoms with Crippen molar-refractivity contribution in [1.82, 2.24) is 0 Å². The normalized spacial score (nSPS) is 45.4. The van der Waals surface area contributed by atoms with Gasteiger partial charge in [0.25, 0.3) is 0 Å². The molecule has 0 amide bonds.